The first-order valence-electron chi connectivity index (χ1n) is 9.67. The molecule has 0 radical (unpaired) electrons. The number of hydrogen-bond donors (Lipinski definition) is 2. The van der Waals surface area contributed by atoms with E-state index in [1.807, 2.05) is 36.4 Å². The monoisotopic (exact) mass is 390 g/mol. The summed E-state index contributed by atoms with van der Waals surface area (Å²) in [5, 5.41) is 6.20. The third-order valence-electron chi connectivity index (χ3n) is 4.36. The molecule has 0 saturated heterocycles. The molecule has 3 rings (SSSR count). The molecule has 2 aromatic carbocycles. The van der Waals surface area contributed by atoms with E-state index in [1.54, 1.807) is 13.2 Å². The third-order valence-corrected chi connectivity index (χ3v) is 4.36. The van der Waals surface area contributed by atoms with Gasteiger partial charge < -0.3 is 15.4 Å². The van der Waals surface area contributed by atoms with E-state index >= 15 is 0 Å². The number of carbonyl (C=O) groups is 1. The van der Waals surface area contributed by atoms with E-state index in [4.69, 9.17) is 4.74 Å². The van der Waals surface area contributed by atoms with Crippen LogP contribution in [0.25, 0.3) is 11.4 Å². The summed E-state index contributed by atoms with van der Waals surface area (Å²) in [7, 11) is 1.64. The Labute approximate surface area is 171 Å². The molecule has 6 nitrogen and oxygen atoms in total. The van der Waals surface area contributed by atoms with E-state index in [0.717, 1.165) is 17.5 Å². The van der Waals surface area contributed by atoms with Gasteiger partial charge in [0.1, 0.15) is 11.5 Å². The SMILES string of the molecule is COCCCNC(=O)c1cc(NCc2cccc(C)c2)nc(-c2ccccc2)n1. The molecule has 0 aliphatic carbocycles. The van der Waals surface area contributed by atoms with Crippen molar-refractivity contribution in [1.29, 1.82) is 0 Å². The maximum absolute atomic E-state index is 12.6. The second kappa shape index (κ2) is 10.3. The molecule has 0 atom stereocenters. The maximum Gasteiger partial charge on any atom is 0.270 e. The number of methoxy groups -OCH3 is 1. The second-order valence-electron chi connectivity index (χ2n) is 6.77. The summed E-state index contributed by atoms with van der Waals surface area (Å²) >= 11 is 0. The molecular formula is C23H26N4O2. The van der Waals surface area contributed by atoms with Gasteiger partial charge in [-0.25, -0.2) is 9.97 Å². The number of amides is 1. The van der Waals surface area contributed by atoms with Crippen molar-refractivity contribution in [3.05, 3.63) is 77.5 Å². The van der Waals surface area contributed by atoms with Gasteiger partial charge in [0.2, 0.25) is 0 Å². The number of carbonyl (C=O) groups excluding carboxylic acids is 1. The van der Waals surface area contributed by atoms with Gasteiger partial charge in [0.15, 0.2) is 5.82 Å². The topological polar surface area (TPSA) is 76.1 Å². The maximum atomic E-state index is 12.6. The highest BCUT2D eigenvalue weighted by Gasteiger charge is 2.13. The fourth-order valence-electron chi connectivity index (χ4n) is 2.89. The Morgan fingerprint density at radius 3 is 2.62 bits per heavy atom. The Kier molecular flexibility index (Phi) is 7.30. The molecular weight excluding hydrogens is 364 g/mol. The average Bonchev–Trinajstić information content (AvgIpc) is 2.75. The summed E-state index contributed by atoms with van der Waals surface area (Å²) in [6, 6.07) is 19.6. The van der Waals surface area contributed by atoms with E-state index in [1.165, 1.54) is 5.56 Å². The molecule has 0 aliphatic heterocycles. The highest BCUT2D eigenvalue weighted by atomic mass is 16.5. The predicted molar refractivity (Wildman–Crippen MR) is 115 cm³/mol. The fourth-order valence-corrected chi connectivity index (χ4v) is 2.89. The lowest BCUT2D eigenvalue weighted by Gasteiger charge is -2.11. The van der Waals surface area contributed by atoms with Crippen molar-refractivity contribution in [1.82, 2.24) is 15.3 Å². The van der Waals surface area contributed by atoms with Gasteiger partial charge in [-0.05, 0) is 18.9 Å². The number of nitrogens with one attached hydrogen (secondary N) is 2. The second-order valence-corrected chi connectivity index (χ2v) is 6.77. The number of anilines is 1. The minimum atomic E-state index is -0.223. The molecule has 0 aliphatic rings. The highest BCUT2D eigenvalue weighted by molar-refractivity contribution is 5.93. The van der Waals surface area contributed by atoms with Crippen LogP contribution >= 0.6 is 0 Å². The first kappa shape index (κ1) is 20.5. The van der Waals surface area contributed by atoms with E-state index in [-0.39, 0.29) is 5.91 Å². The molecule has 6 heteroatoms. The zero-order chi connectivity index (χ0) is 20.5. The molecule has 29 heavy (non-hydrogen) atoms. The Bertz CT molecular complexity index is 945. The summed E-state index contributed by atoms with van der Waals surface area (Å²) < 4.78 is 5.02. The van der Waals surface area contributed by atoms with Crippen molar-refractivity contribution in [2.24, 2.45) is 0 Å². The predicted octanol–water partition coefficient (Wildman–Crippen LogP) is 3.83. The minimum absolute atomic E-state index is 0.223. The molecule has 3 aromatic rings. The van der Waals surface area contributed by atoms with Gasteiger partial charge in [0.05, 0.1) is 0 Å². The van der Waals surface area contributed by atoms with Gasteiger partial charge in [-0.2, -0.15) is 0 Å². The van der Waals surface area contributed by atoms with Crippen LogP contribution in [0.2, 0.25) is 0 Å². The number of hydrogen-bond acceptors (Lipinski definition) is 5. The van der Waals surface area contributed by atoms with Crippen LogP contribution < -0.4 is 10.6 Å². The van der Waals surface area contributed by atoms with Crippen LogP contribution in [0, 0.1) is 6.92 Å². The third kappa shape index (κ3) is 6.12. The molecule has 0 spiro atoms. The van der Waals surface area contributed by atoms with Crippen LogP contribution in [0.3, 0.4) is 0 Å². The van der Waals surface area contributed by atoms with Crippen molar-refractivity contribution in [3.63, 3.8) is 0 Å². The number of aryl methyl sites for hydroxylation is 1. The van der Waals surface area contributed by atoms with E-state index in [0.29, 0.717) is 37.0 Å². The Balaban J connectivity index is 1.81. The summed E-state index contributed by atoms with van der Waals surface area (Å²) in [5.74, 6) is 0.906. The number of benzene rings is 2. The van der Waals surface area contributed by atoms with Crippen LogP contribution in [-0.4, -0.2) is 36.1 Å². The van der Waals surface area contributed by atoms with Gasteiger partial charge in [0, 0.05) is 38.4 Å². The van der Waals surface area contributed by atoms with Gasteiger partial charge in [-0.1, -0.05) is 60.2 Å². The largest absolute Gasteiger partial charge is 0.385 e. The summed E-state index contributed by atoms with van der Waals surface area (Å²) in [6.45, 7) is 3.81. The number of rotatable bonds is 9. The Morgan fingerprint density at radius 2 is 1.86 bits per heavy atom. The van der Waals surface area contributed by atoms with Crippen LogP contribution in [0.1, 0.15) is 28.0 Å². The average molecular weight is 390 g/mol. The first-order chi connectivity index (χ1) is 14.2. The summed E-state index contributed by atoms with van der Waals surface area (Å²) in [5.41, 5.74) is 3.55. The van der Waals surface area contributed by atoms with Gasteiger partial charge >= 0.3 is 0 Å². The van der Waals surface area contributed by atoms with Gasteiger partial charge in [0.25, 0.3) is 5.91 Å². The number of nitrogens with zero attached hydrogens (tertiary/aromatic N) is 2. The lowest BCUT2D eigenvalue weighted by molar-refractivity contribution is 0.0943. The van der Waals surface area contributed by atoms with Crippen molar-refractivity contribution in [2.45, 2.75) is 19.9 Å². The van der Waals surface area contributed by atoms with Crippen LogP contribution in [-0.2, 0) is 11.3 Å². The lowest BCUT2D eigenvalue weighted by atomic mass is 10.1. The molecule has 0 saturated carbocycles. The van der Waals surface area contributed by atoms with E-state index in [2.05, 4.69) is 45.7 Å². The molecule has 0 fully saturated rings. The molecule has 1 amide bonds. The smallest absolute Gasteiger partial charge is 0.270 e. The van der Waals surface area contributed by atoms with Crippen LogP contribution in [0.5, 0.6) is 0 Å². The zero-order valence-electron chi connectivity index (χ0n) is 16.8. The quantitative estimate of drug-likeness (QED) is 0.543. The molecule has 150 valence electrons. The number of ether oxygens (including phenoxy) is 1. The van der Waals surface area contributed by atoms with Gasteiger partial charge in [-0.3, -0.25) is 4.79 Å². The van der Waals surface area contributed by atoms with Crippen molar-refractivity contribution in [3.8, 4) is 11.4 Å². The van der Waals surface area contributed by atoms with Crippen molar-refractivity contribution < 1.29 is 9.53 Å². The molecule has 0 bridgehead atoms. The number of aromatic nitrogens is 2. The minimum Gasteiger partial charge on any atom is -0.385 e. The van der Waals surface area contributed by atoms with Crippen molar-refractivity contribution in [2.75, 3.05) is 25.6 Å². The molecule has 1 heterocycles. The van der Waals surface area contributed by atoms with E-state index < -0.39 is 0 Å². The zero-order valence-corrected chi connectivity index (χ0v) is 16.8. The standard InChI is InChI=1S/C23H26N4O2/c1-17-8-6-9-18(14-17)16-25-21-15-20(23(28)24-12-7-13-29-2)26-22(27-21)19-10-4-3-5-11-19/h3-6,8-11,14-15H,7,12-13,16H2,1-2H3,(H,24,28)(H,25,26,27). The summed E-state index contributed by atoms with van der Waals surface area (Å²) in [6.07, 6.45) is 0.747. The van der Waals surface area contributed by atoms with E-state index in [9.17, 15) is 4.79 Å². The van der Waals surface area contributed by atoms with Crippen molar-refractivity contribution >= 4 is 11.7 Å². The highest BCUT2D eigenvalue weighted by Crippen LogP contribution is 2.18. The molecule has 1 aromatic heterocycles. The molecule has 2 N–H and O–H groups in total. The van der Waals surface area contributed by atoms with Crippen LogP contribution in [0.15, 0.2) is 60.7 Å². The van der Waals surface area contributed by atoms with Gasteiger partial charge in [-0.15, -0.1) is 0 Å². The summed E-state index contributed by atoms with van der Waals surface area (Å²) in [4.78, 5) is 21.7. The Morgan fingerprint density at radius 1 is 1.03 bits per heavy atom. The Hall–Kier alpha value is -3.25. The lowest BCUT2D eigenvalue weighted by Crippen LogP contribution is -2.26. The van der Waals surface area contributed by atoms with Crippen LogP contribution in [0.4, 0.5) is 5.82 Å². The normalized spacial score (nSPS) is 10.6. The fraction of sp³-hybridized carbons (Fsp3) is 0.261. The molecule has 0 unspecified atom stereocenters. The first-order valence-corrected chi connectivity index (χ1v) is 9.67.